The maximum atomic E-state index is 5.77. The highest BCUT2D eigenvalue weighted by molar-refractivity contribution is 5.31. The highest BCUT2D eigenvalue weighted by atomic mass is 16.5. The lowest BCUT2D eigenvalue weighted by atomic mass is 9.90. The molecule has 0 bridgehead atoms. The van der Waals surface area contributed by atoms with E-state index < -0.39 is 0 Å². The first kappa shape index (κ1) is 13.1. The predicted octanol–water partition coefficient (Wildman–Crippen LogP) is 2.32. The van der Waals surface area contributed by atoms with Crippen molar-refractivity contribution in [2.24, 2.45) is 11.7 Å². The third-order valence-electron chi connectivity index (χ3n) is 4.61. The molecule has 3 rings (SSSR count). The molecular formula is C16H24N2O. The number of hydrogen-bond acceptors (Lipinski definition) is 3. The molecule has 2 heterocycles. The van der Waals surface area contributed by atoms with E-state index in [9.17, 15) is 0 Å². The Labute approximate surface area is 115 Å². The first-order chi connectivity index (χ1) is 9.38. The first-order valence-corrected chi connectivity index (χ1v) is 7.48. The maximum absolute atomic E-state index is 5.77. The van der Waals surface area contributed by atoms with E-state index in [1.807, 2.05) is 0 Å². The minimum absolute atomic E-state index is 0.462. The standard InChI is InChI=1S/C16H24N2O/c17-8-5-13-6-9-18(10-7-13)16-12-19-11-14-3-1-2-4-15(14)16/h1-4,13,16H,5-12,17H2. The van der Waals surface area contributed by atoms with E-state index in [0.717, 1.165) is 25.7 Å². The highest BCUT2D eigenvalue weighted by Gasteiger charge is 2.29. The number of fused-ring (bicyclic) bond motifs is 1. The van der Waals surface area contributed by atoms with Crippen molar-refractivity contribution in [1.29, 1.82) is 0 Å². The number of ether oxygens (including phenoxy) is 1. The van der Waals surface area contributed by atoms with E-state index in [0.29, 0.717) is 6.04 Å². The number of likely N-dealkylation sites (tertiary alicyclic amines) is 1. The van der Waals surface area contributed by atoms with Gasteiger partial charge in [-0.15, -0.1) is 0 Å². The zero-order chi connectivity index (χ0) is 13.1. The van der Waals surface area contributed by atoms with Crippen LogP contribution in [0.2, 0.25) is 0 Å². The Bertz CT molecular complexity index is 413. The van der Waals surface area contributed by atoms with Crippen LogP contribution in [-0.4, -0.2) is 31.1 Å². The van der Waals surface area contributed by atoms with Crippen LogP contribution in [0, 0.1) is 5.92 Å². The van der Waals surface area contributed by atoms with Crippen LogP contribution in [0.5, 0.6) is 0 Å². The molecule has 0 aliphatic carbocycles. The van der Waals surface area contributed by atoms with E-state index in [2.05, 4.69) is 29.2 Å². The molecule has 0 spiro atoms. The largest absolute Gasteiger partial charge is 0.375 e. The van der Waals surface area contributed by atoms with Gasteiger partial charge < -0.3 is 10.5 Å². The summed E-state index contributed by atoms with van der Waals surface area (Å²) in [5.74, 6) is 0.834. The molecule has 1 saturated heterocycles. The Morgan fingerprint density at radius 2 is 2.00 bits per heavy atom. The Morgan fingerprint density at radius 1 is 1.21 bits per heavy atom. The number of benzene rings is 1. The monoisotopic (exact) mass is 260 g/mol. The predicted molar refractivity (Wildman–Crippen MR) is 76.8 cm³/mol. The van der Waals surface area contributed by atoms with Gasteiger partial charge in [0.05, 0.1) is 19.3 Å². The van der Waals surface area contributed by atoms with Gasteiger partial charge >= 0.3 is 0 Å². The number of nitrogens with zero attached hydrogens (tertiary/aromatic N) is 1. The zero-order valence-electron chi connectivity index (χ0n) is 11.6. The van der Waals surface area contributed by atoms with Crippen molar-refractivity contribution in [2.45, 2.75) is 31.9 Å². The van der Waals surface area contributed by atoms with E-state index in [4.69, 9.17) is 10.5 Å². The number of nitrogens with two attached hydrogens (primary N) is 1. The molecule has 0 radical (unpaired) electrons. The summed E-state index contributed by atoms with van der Waals surface area (Å²) < 4.78 is 5.77. The SMILES string of the molecule is NCCC1CCN(C2COCc3ccccc32)CC1. The second-order valence-electron chi connectivity index (χ2n) is 5.79. The molecule has 1 unspecified atom stereocenters. The van der Waals surface area contributed by atoms with Crippen molar-refractivity contribution in [3.8, 4) is 0 Å². The molecule has 104 valence electrons. The van der Waals surface area contributed by atoms with Gasteiger partial charge in [-0.05, 0) is 55.9 Å². The molecular weight excluding hydrogens is 236 g/mol. The average molecular weight is 260 g/mol. The molecule has 0 amide bonds. The molecule has 2 N–H and O–H groups in total. The van der Waals surface area contributed by atoms with Crippen LogP contribution >= 0.6 is 0 Å². The van der Waals surface area contributed by atoms with Gasteiger partial charge in [0.25, 0.3) is 0 Å². The van der Waals surface area contributed by atoms with Crippen LogP contribution in [0.1, 0.15) is 36.4 Å². The van der Waals surface area contributed by atoms with E-state index >= 15 is 0 Å². The lowest BCUT2D eigenvalue weighted by Gasteiger charge is -2.40. The van der Waals surface area contributed by atoms with Crippen LogP contribution < -0.4 is 5.73 Å². The smallest absolute Gasteiger partial charge is 0.0721 e. The third kappa shape index (κ3) is 2.83. The summed E-state index contributed by atoms with van der Waals surface area (Å²) in [4.78, 5) is 2.60. The van der Waals surface area contributed by atoms with Crippen molar-refractivity contribution < 1.29 is 4.74 Å². The van der Waals surface area contributed by atoms with Crippen molar-refractivity contribution in [2.75, 3.05) is 26.2 Å². The number of piperidine rings is 1. The lowest BCUT2D eigenvalue weighted by Crippen LogP contribution is -2.40. The summed E-state index contributed by atoms with van der Waals surface area (Å²) in [5.41, 5.74) is 8.51. The summed E-state index contributed by atoms with van der Waals surface area (Å²) >= 11 is 0. The van der Waals surface area contributed by atoms with Crippen molar-refractivity contribution >= 4 is 0 Å². The van der Waals surface area contributed by atoms with Gasteiger partial charge in [0, 0.05) is 0 Å². The summed E-state index contributed by atoms with van der Waals surface area (Å²) in [6, 6.07) is 9.19. The average Bonchev–Trinajstić information content (AvgIpc) is 2.48. The van der Waals surface area contributed by atoms with Gasteiger partial charge in [0.2, 0.25) is 0 Å². The van der Waals surface area contributed by atoms with Gasteiger partial charge in [-0.1, -0.05) is 24.3 Å². The molecule has 2 aliphatic rings. The molecule has 1 atom stereocenters. The zero-order valence-corrected chi connectivity index (χ0v) is 11.6. The normalized spacial score (nSPS) is 25.2. The van der Waals surface area contributed by atoms with Gasteiger partial charge in [-0.25, -0.2) is 0 Å². The summed E-state index contributed by atoms with van der Waals surface area (Å²) in [6.45, 7) is 4.83. The summed E-state index contributed by atoms with van der Waals surface area (Å²) in [7, 11) is 0. The van der Waals surface area contributed by atoms with Gasteiger partial charge in [0.15, 0.2) is 0 Å². The van der Waals surface area contributed by atoms with Crippen LogP contribution in [-0.2, 0) is 11.3 Å². The second kappa shape index (κ2) is 6.04. The molecule has 1 aromatic carbocycles. The molecule has 1 aromatic rings. The minimum Gasteiger partial charge on any atom is -0.375 e. The van der Waals surface area contributed by atoms with Crippen molar-refractivity contribution in [3.63, 3.8) is 0 Å². The number of rotatable bonds is 3. The Hall–Kier alpha value is -0.900. The number of hydrogen-bond donors (Lipinski definition) is 1. The van der Waals surface area contributed by atoms with E-state index in [-0.39, 0.29) is 0 Å². The van der Waals surface area contributed by atoms with Crippen LogP contribution in [0.4, 0.5) is 0 Å². The quantitative estimate of drug-likeness (QED) is 0.906. The Kier molecular flexibility index (Phi) is 4.16. The molecule has 19 heavy (non-hydrogen) atoms. The van der Waals surface area contributed by atoms with E-state index in [1.54, 1.807) is 0 Å². The van der Waals surface area contributed by atoms with Gasteiger partial charge in [-0.3, -0.25) is 4.90 Å². The Morgan fingerprint density at radius 3 is 2.79 bits per heavy atom. The second-order valence-corrected chi connectivity index (χ2v) is 5.79. The lowest BCUT2D eigenvalue weighted by molar-refractivity contribution is 0.0178. The molecule has 0 aromatic heterocycles. The van der Waals surface area contributed by atoms with E-state index in [1.165, 1.54) is 43.5 Å². The maximum Gasteiger partial charge on any atom is 0.0721 e. The molecule has 3 nitrogen and oxygen atoms in total. The van der Waals surface area contributed by atoms with Gasteiger partial charge in [-0.2, -0.15) is 0 Å². The summed E-state index contributed by atoms with van der Waals surface area (Å²) in [6.07, 6.45) is 3.76. The van der Waals surface area contributed by atoms with Crippen molar-refractivity contribution in [1.82, 2.24) is 4.90 Å². The van der Waals surface area contributed by atoms with Crippen molar-refractivity contribution in [3.05, 3.63) is 35.4 Å². The topological polar surface area (TPSA) is 38.5 Å². The molecule has 2 aliphatic heterocycles. The fourth-order valence-electron chi connectivity index (χ4n) is 3.45. The third-order valence-corrected chi connectivity index (χ3v) is 4.61. The molecule has 3 heteroatoms. The Balaban J connectivity index is 1.68. The van der Waals surface area contributed by atoms with Gasteiger partial charge in [0.1, 0.15) is 0 Å². The minimum atomic E-state index is 0.462. The highest BCUT2D eigenvalue weighted by Crippen LogP contribution is 2.32. The summed E-state index contributed by atoms with van der Waals surface area (Å²) in [5, 5.41) is 0. The first-order valence-electron chi connectivity index (χ1n) is 7.48. The fourth-order valence-corrected chi connectivity index (χ4v) is 3.45. The molecule has 1 fully saturated rings. The molecule has 0 saturated carbocycles. The van der Waals surface area contributed by atoms with Crippen LogP contribution in [0.15, 0.2) is 24.3 Å². The van der Waals surface area contributed by atoms with Crippen LogP contribution in [0.3, 0.4) is 0 Å². The fraction of sp³-hybridized carbons (Fsp3) is 0.625. The van der Waals surface area contributed by atoms with Crippen LogP contribution in [0.25, 0.3) is 0 Å².